The number of furan rings is 1. The van der Waals surface area contributed by atoms with Gasteiger partial charge in [-0.25, -0.2) is 0 Å². The van der Waals surface area contributed by atoms with Crippen molar-refractivity contribution in [3.63, 3.8) is 0 Å². The Morgan fingerprint density at radius 2 is 1.89 bits per heavy atom. The van der Waals surface area contributed by atoms with Crippen LogP contribution in [0.15, 0.2) is 22.8 Å². The Morgan fingerprint density at radius 3 is 2.52 bits per heavy atom. The van der Waals surface area contributed by atoms with Crippen molar-refractivity contribution in [2.45, 2.75) is 12.8 Å². The molecule has 0 aliphatic carbocycles. The number of hydrogen-bond donors (Lipinski definition) is 0. The van der Waals surface area contributed by atoms with Crippen LogP contribution in [-0.4, -0.2) is 97.2 Å². The maximum absolute atomic E-state index is 12.8. The van der Waals surface area contributed by atoms with E-state index in [0.29, 0.717) is 51.4 Å². The number of amides is 3. The van der Waals surface area contributed by atoms with Crippen molar-refractivity contribution in [2.75, 3.05) is 59.9 Å². The van der Waals surface area contributed by atoms with Crippen LogP contribution in [0.1, 0.15) is 23.4 Å². The third-order valence-electron chi connectivity index (χ3n) is 5.21. The summed E-state index contributed by atoms with van der Waals surface area (Å²) in [6.45, 7) is 4.10. The number of nitrogens with zero attached hydrogens (tertiary/aromatic N) is 4. The first-order chi connectivity index (χ1) is 13.0. The summed E-state index contributed by atoms with van der Waals surface area (Å²) in [6, 6.07) is 3.34. The zero-order valence-corrected chi connectivity index (χ0v) is 16.1. The molecule has 2 saturated heterocycles. The highest BCUT2D eigenvalue weighted by molar-refractivity contribution is 5.92. The molecule has 8 heteroatoms. The van der Waals surface area contributed by atoms with Crippen LogP contribution in [0.2, 0.25) is 0 Å². The van der Waals surface area contributed by atoms with E-state index in [1.54, 1.807) is 21.9 Å². The summed E-state index contributed by atoms with van der Waals surface area (Å²) in [5.74, 6) is 0.0196. The van der Waals surface area contributed by atoms with Gasteiger partial charge in [0, 0.05) is 45.7 Å². The third-order valence-corrected chi connectivity index (χ3v) is 5.21. The molecule has 3 rings (SSSR count). The minimum Gasteiger partial charge on any atom is -0.459 e. The molecule has 2 aliphatic rings. The Hall–Kier alpha value is -2.35. The van der Waals surface area contributed by atoms with E-state index >= 15 is 0 Å². The molecule has 8 nitrogen and oxygen atoms in total. The van der Waals surface area contributed by atoms with Gasteiger partial charge in [-0.1, -0.05) is 0 Å². The highest BCUT2D eigenvalue weighted by Crippen LogP contribution is 2.21. The van der Waals surface area contributed by atoms with Crippen LogP contribution >= 0.6 is 0 Å². The van der Waals surface area contributed by atoms with E-state index < -0.39 is 0 Å². The Labute approximate surface area is 159 Å². The molecule has 0 bridgehead atoms. The molecule has 1 aromatic rings. The third kappa shape index (κ3) is 4.68. The van der Waals surface area contributed by atoms with Gasteiger partial charge < -0.3 is 24.0 Å². The number of piperazine rings is 1. The molecule has 3 heterocycles. The lowest BCUT2D eigenvalue weighted by Crippen LogP contribution is -2.52. The predicted molar refractivity (Wildman–Crippen MR) is 99.0 cm³/mol. The van der Waals surface area contributed by atoms with Gasteiger partial charge >= 0.3 is 0 Å². The van der Waals surface area contributed by atoms with Crippen molar-refractivity contribution in [1.82, 2.24) is 19.6 Å². The van der Waals surface area contributed by atoms with Crippen molar-refractivity contribution in [3.05, 3.63) is 24.2 Å². The van der Waals surface area contributed by atoms with Gasteiger partial charge in [0.25, 0.3) is 5.91 Å². The van der Waals surface area contributed by atoms with Crippen LogP contribution in [0.3, 0.4) is 0 Å². The van der Waals surface area contributed by atoms with Gasteiger partial charge in [0.2, 0.25) is 11.8 Å². The SMILES string of the molecule is CN(C)CCCN1CC(C(=O)N2CCN(C(=O)c3ccco3)CC2)CC1=O. The fourth-order valence-electron chi connectivity index (χ4n) is 3.68. The molecule has 27 heavy (non-hydrogen) atoms. The van der Waals surface area contributed by atoms with Crippen LogP contribution in [0.4, 0.5) is 0 Å². The summed E-state index contributed by atoms with van der Waals surface area (Å²) in [5.41, 5.74) is 0. The molecule has 3 amide bonds. The van der Waals surface area contributed by atoms with Crippen LogP contribution in [0.5, 0.6) is 0 Å². The second kappa shape index (κ2) is 8.56. The average molecular weight is 376 g/mol. The molecule has 1 unspecified atom stereocenters. The van der Waals surface area contributed by atoms with Crippen LogP contribution in [0.25, 0.3) is 0 Å². The molecular weight excluding hydrogens is 348 g/mol. The first-order valence-corrected chi connectivity index (χ1v) is 9.50. The largest absolute Gasteiger partial charge is 0.459 e. The summed E-state index contributed by atoms with van der Waals surface area (Å²) in [6.07, 6.45) is 2.69. The van der Waals surface area contributed by atoms with E-state index in [0.717, 1.165) is 13.0 Å². The fourth-order valence-corrected chi connectivity index (χ4v) is 3.68. The van der Waals surface area contributed by atoms with Crippen molar-refractivity contribution in [1.29, 1.82) is 0 Å². The van der Waals surface area contributed by atoms with E-state index in [1.807, 2.05) is 19.0 Å². The highest BCUT2D eigenvalue weighted by Gasteiger charge is 2.37. The molecule has 1 aromatic heterocycles. The second-order valence-corrected chi connectivity index (χ2v) is 7.49. The smallest absolute Gasteiger partial charge is 0.289 e. The Balaban J connectivity index is 1.46. The Morgan fingerprint density at radius 1 is 1.19 bits per heavy atom. The van der Waals surface area contributed by atoms with Gasteiger partial charge in [0.05, 0.1) is 12.2 Å². The molecule has 0 N–H and O–H groups in total. The average Bonchev–Trinajstić information content (AvgIpc) is 3.31. The number of likely N-dealkylation sites (tertiary alicyclic amines) is 1. The van der Waals surface area contributed by atoms with Crippen molar-refractivity contribution in [3.8, 4) is 0 Å². The van der Waals surface area contributed by atoms with Crippen molar-refractivity contribution in [2.24, 2.45) is 5.92 Å². The minimum atomic E-state index is -0.260. The Kier molecular flexibility index (Phi) is 6.15. The van der Waals surface area contributed by atoms with Crippen molar-refractivity contribution < 1.29 is 18.8 Å². The van der Waals surface area contributed by atoms with Crippen LogP contribution in [0, 0.1) is 5.92 Å². The zero-order chi connectivity index (χ0) is 19.4. The summed E-state index contributed by atoms with van der Waals surface area (Å²) in [4.78, 5) is 44.7. The maximum atomic E-state index is 12.8. The Bertz CT molecular complexity index is 665. The molecule has 148 valence electrons. The lowest BCUT2D eigenvalue weighted by atomic mass is 10.1. The number of rotatable bonds is 6. The molecule has 2 aliphatic heterocycles. The number of carbonyl (C=O) groups is 3. The molecule has 2 fully saturated rings. The quantitative estimate of drug-likeness (QED) is 0.717. The van der Waals surface area contributed by atoms with Crippen molar-refractivity contribution >= 4 is 17.7 Å². The highest BCUT2D eigenvalue weighted by atomic mass is 16.3. The van der Waals surface area contributed by atoms with E-state index in [9.17, 15) is 14.4 Å². The van der Waals surface area contributed by atoms with E-state index in [2.05, 4.69) is 4.90 Å². The molecule has 0 spiro atoms. The van der Waals surface area contributed by atoms with E-state index in [1.165, 1.54) is 6.26 Å². The van der Waals surface area contributed by atoms with Crippen LogP contribution in [-0.2, 0) is 9.59 Å². The summed E-state index contributed by atoms with van der Waals surface area (Å²) in [7, 11) is 4.02. The molecule has 0 aromatic carbocycles. The lowest BCUT2D eigenvalue weighted by Gasteiger charge is -2.35. The molecule has 0 saturated carbocycles. The zero-order valence-electron chi connectivity index (χ0n) is 16.1. The van der Waals surface area contributed by atoms with E-state index in [4.69, 9.17) is 4.42 Å². The van der Waals surface area contributed by atoms with Crippen LogP contribution < -0.4 is 0 Å². The molecule has 0 radical (unpaired) electrons. The van der Waals surface area contributed by atoms with Gasteiger partial charge in [-0.05, 0) is 39.2 Å². The first-order valence-electron chi connectivity index (χ1n) is 9.50. The fraction of sp³-hybridized carbons (Fsp3) is 0.632. The number of hydrogen-bond acceptors (Lipinski definition) is 5. The topological polar surface area (TPSA) is 77.3 Å². The minimum absolute atomic E-state index is 0.0311. The van der Waals surface area contributed by atoms with Gasteiger partial charge in [-0.15, -0.1) is 0 Å². The monoisotopic (exact) mass is 376 g/mol. The summed E-state index contributed by atoms with van der Waals surface area (Å²) in [5, 5.41) is 0. The number of carbonyl (C=O) groups excluding carboxylic acids is 3. The van der Waals surface area contributed by atoms with Gasteiger partial charge in [-0.3, -0.25) is 14.4 Å². The van der Waals surface area contributed by atoms with Gasteiger partial charge in [0.1, 0.15) is 0 Å². The molecule has 1 atom stereocenters. The van der Waals surface area contributed by atoms with Gasteiger partial charge in [0.15, 0.2) is 5.76 Å². The summed E-state index contributed by atoms with van der Waals surface area (Å²) >= 11 is 0. The maximum Gasteiger partial charge on any atom is 0.289 e. The standard InChI is InChI=1S/C19H28N4O4/c1-20(2)6-4-7-23-14-15(13-17(23)24)18(25)21-8-10-22(11-9-21)19(26)16-5-3-12-27-16/h3,5,12,15H,4,6-11,13-14H2,1-2H3. The lowest BCUT2D eigenvalue weighted by molar-refractivity contribution is -0.137. The van der Waals surface area contributed by atoms with Gasteiger partial charge in [-0.2, -0.15) is 0 Å². The first kappa shape index (κ1) is 19.4. The second-order valence-electron chi connectivity index (χ2n) is 7.49. The normalized spacial score (nSPS) is 20.6. The predicted octanol–water partition coefficient (Wildman–Crippen LogP) is 0.364. The summed E-state index contributed by atoms with van der Waals surface area (Å²) < 4.78 is 5.16. The van der Waals surface area contributed by atoms with E-state index in [-0.39, 0.29) is 23.6 Å². The molecular formula is C19H28N4O4.